The van der Waals surface area contributed by atoms with Crippen molar-refractivity contribution in [2.75, 3.05) is 19.7 Å². The highest BCUT2D eigenvalue weighted by molar-refractivity contribution is 6.33. The zero-order valence-corrected chi connectivity index (χ0v) is 16.8. The van der Waals surface area contributed by atoms with Crippen molar-refractivity contribution in [3.8, 4) is 5.75 Å². The van der Waals surface area contributed by atoms with Gasteiger partial charge in [-0.1, -0.05) is 41.4 Å². The number of carbonyl (C=O) groups is 1. The van der Waals surface area contributed by atoms with Crippen LogP contribution in [-0.2, 0) is 0 Å². The summed E-state index contributed by atoms with van der Waals surface area (Å²) in [5.41, 5.74) is 0.536. The summed E-state index contributed by atoms with van der Waals surface area (Å²) >= 11 is 12.3. The van der Waals surface area contributed by atoms with Gasteiger partial charge in [-0.2, -0.15) is 0 Å². The largest absolute Gasteiger partial charge is 0.489 e. The predicted octanol–water partition coefficient (Wildman–Crippen LogP) is 4.74. The highest BCUT2D eigenvalue weighted by atomic mass is 35.5. The quantitative estimate of drug-likeness (QED) is 0.795. The van der Waals surface area contributed by atoms with Crippen LogP contribution in [0.25, 0.3) is 0 Å². The Labute approximate surface area is 169 Å². The van der Waals surface area contributed by atoms with Crippen molar-refractivity contribution in [1.82, 2.24) is 4.90 Å². The summed E-state index contributed by atoms with van der Waals surface area (Å²) in [6, 6.07) is 12.6. The third-order valence-corrected chi connectivity index (χ3v) is 5.53. The van der Waals surface area contributed by atoms with Crippen LogP contribution in [0, 0.1) is 6.92 Å². The maximum absolute atomic E-state index is 12.8. The van der Waals surface area contributed by atoms with Crippen molar-refractivity contribution in [2.45, 2.75) is 31.8 Å². The van der Waals surface area contributed by atoms with E-state index >= 15 is 0 Å². The van der Waals surface area contributed by atoms with E-state index in [2.05, 4.69) is 0 Å². The van der Waals surface area contributed by atoms with Crippen molar-refractivity contribution in [3.63, 3.8) is 0 Å². The predicted molar refractivity (Wildman–Crippen MR) is 108 cm³/mol. The number of aryl methyl sites for hydroxylation is 1. The second-order valence-electron chi connectivity index (χ2n) is 7.07. The van der Waals surface area contributed by atoms with Gasteiger partial charge < -0.3 is 14.7 Å². The van der Waals surface area contributed by atoms with Crippen molar-refractivity contribution in [2.24, 2.45) is 0 Å². The summed E-state index contributed by atoms with van der Waals surface area (Å²) in [6.45, 7) is 3.13. The monoisotopic (exact) mass is 407 g/mol. The Morgan fingerprint density at radius 3 is 2.70 bits per heavy atom. The van der Waals surface area contributed by atoms with Gasteiger partial charge in [0.2, 0.25) is 0 Å². The van der Waals surface area contributed by atoms with Crippen LogP contribution in [0.2, 0.25) is 10.0 Å². The molecule has 144 valence electrons. The van der Waals surface area contributed by atoms with Crippen molar-refractivity contribution in [1.29, 1.82) is 0 Å². The van der Waals surface area contributed by atoms with Crippen molar-refractivity contribution >= 4 is 29.1 Å². The number of nitrogens with zero attached hydrogens (tertiary/aromatic N) is 1. The zero-order chi connectivity index (χ0) is 19.4. The Hall–Kier alpha value is -1.75. The molecule has 1 unspecified atom stereocenters. The maximum Gasteiger partial charge on any atom is 0.255 e. The maximum atomic E-state index is 12.8. The fourth-order valence-corrected chi connectivity index (χ4v) is 3.65. The molecule has 0 spiro atoms. The van der Waals surface area contributed by atoms with Gasteiger partial charge in [-0.15, -0.1) is 0 Å². The molecule has 0 aromatic heterocycles. The molecule has 0 radical (unpaired) electrons. The SMILES string of the molecule is Cc1ccc(Cl)c(OCC2(O)CCCN(C(=O)c3ccccc3Cl)CC2)c1. The smallest absolute Gasteiger partial charge is 0.255 e. The molecule has 1 heterocycles. The minimum atomic E-state index is -0.997. The normalized spacial score (nSPS) is 20.2. The van der Waals surface area contributed by atoms with E-state index in [4.69, 9.17) is 27.9 Å². The van der Waals surface area contributed by atoms with Crippen LogP contribution in [0.5, 0.6) is 5.75 Å². The van der Waals surface area contributed by atoms with Crippen LogP contribution in [0.1, 0.15) is 35.2 Å². The average molecular weight is 408 g/mol. The lowest BCUT2D eigenvalue weighted by Gasteiger charge is -2.27. The van der Waals surface area contributed by atoms with Gasteiger partial charge in [-0.05, 0) is 56.0 Å². The molecule has 1 amide bonds. The Morgan fingerprint density at radius 2 is 1.93 bits per heavy atom. The Morgan fingerprint density at radius 1 is 1.15 bits per heavy atom. The molecule has 0 saturated carbocycles. The number of carbonyl (C=O) groups excluding carboxylic acids is 1. The summed E-state index contributed by atoms with van der Waals surface area (Å²) in [5.74, 6) is 0.464. The fourth-order valence-electron chi connectivity index (χ4n) is 3.26. The van der Waals surface area contributed by atoms with E-state index < -0.39 is 5.60 Å². The standard InChI is InChI=1S/C21H23Cl2NO3/c1-15-7-8-18(23)19(13-15)27-14-21(26)9-4-11-24(12-10-21)20(25)16-5-2-3-6-17(16)22/h2-3,5-8,13,26H,4,9-12,14H2,1H3. The number of benzene rings is 2. The molecule has 27 heavy (non-hydrogen) atoms. The number of halogens is 2. The molecule has 6 heteroatoms. The minimum Gasteiger partial charge on any atom is -0.489 e. The second-order valence-corrected chi connectivity index (χ2v) is 7.89. The highest BCUT2D eigenvalue weighted by Gasteiger charge is 2.33. The van der Waals surface area contributed by atoms with Crippen LogP contribution in [-0.4, -0.2) is 41.2 Å². The second kappa shape index (κ2) is 8.51. The molecule has 1 atom stereocenters. The first-order valence-electron chi connectivity index (χ1n) is 9.03. The minimum absolute atomic E-state index is 0.104. The van der Waals surface area contributed by atoms with Gasteiger partial charge in [0.1, 0.15) is 18.0 Å². The van der Waals surface area contributed by atoms with E-state index in [1.54, 1.807) is 35.2 Å². The zero-order valence-electron chi connectivity index (χ0n) is 15.3. The molecule has 1 aliphatic heterocycles. The van der Waals surface area contributed by atoms with Crippen LogP contribution >= 0.6 is 23.2 Å². The molecular weight excluding hydrogens is 385 g/mol. The lowest BCUT2D eigenvalue weighted by Crippen LogP contribution is -2.38. The lowest BCUT2D eigenvalue weighted by molar-refractivity contribution is -0.0163. The van der Waals surface area contributed by atoms with Crippen LogP contribution in [0.4, 0.5) is 0 Å². The molecule has 2 aromatic rings. The number of aliphatic hydroxyl groups is 1. The topological polar surface area (TPSA) is 49.8 Å². The first-order chi connectivity index (χ1) is 12.9. The lowest BCUT2D eigenvalue weighted by atomic mass is 9.96. The average Bonchev–Trinajstić information content (AvgIpc) is 2.85. The number of ether oxygens (including phenoxy) is 1. The van der Waals surface area contributed by atoms with Gasteiger partial charge in [-0.3, -0.25) is 4.79 Å². The molecule has 1 saturated heterocycles. The number of hydrogen-bond donors (Lipinski definition) is 1. The fraction of sp³-hybridized carbons (Fsp3) is 0.381. The third kappa shape index (κ3) is 4.95. The molecule has 1 aliphatic rings. The number of amides is 1. The van der Waals surface area contributed by atoms with Crippen LogP contribution < -0.4 is 4.74 Å². The van der Waals surface area contributed by atoms with Crippen molar-refractivity contribution in [3.05, 3.63) is 63.6 Å². The third-order valence-electron chi connectivity index (χ3n) is 4.89. The number of hydrogen-bond acceptors (Lipinski definition) is 3. The van der Waals surface area contributed by atoms with E-state index in [9.17, 15) is 9.90 Å². The van der Waals surface area contributed by atoms with E-state index in [0.29, 0.717) is 53.7 Å². The van der Waals surface area contributed by atoms with E-state index in [1.165, 1.54) is 0 Å². The molecule has 1 N–H and O–H groups in total. The number of rotatable bonds is 4. The summed E-state index contributed by atoms with van der Waals surface area (Å²) in [5, 5.41) is 11.9. The molecule has 4 nitrogen and oxygen atoms in total. The summed E-state index contributed by atoms with van der Waals surface area (Å²) < 4.78 is 5.81. The first-order valence-corrected chi connectivity index (χ1v) is 9.79. The van der Waals surface area contributed by atoms with Gasteiger partial charge in [0.25, 0.3) is 5.91 Å². The van der Waals surface area contributed by atoms with Gasteiger partial charge in [-0.25, -0.2) is 0 Å². The van der Waals surface area contributed by atoms with E-state index in [-0.39, 0.29) is 12.5 Å². The molecule has 3 rings (SSSR count). The Balaban J connectivity index is 1.64. The summed E-state index contributed by atoms with van der Waals surface area (Å²) in [7, 11) is 0. The molecule has 2 aromatic carbocycles. The molecular formula is C21H23Cl2NO3. The van der Waals surface area contributed by atoms with Crippen LogP contribution in [0.15, 0.2) is 42.5 Å². The Kier molecular flexibility index (Phi) is 6.30. The van der Waals surface area contributed by atoms with E-state index in [0.717, 1.165) is 5.56 Å². The summed E-state index contributed by atoms with van der Waals surface area (Å²) in [4.78, 5) is 14.5. The van der Waals surface area contributed by atoms with Gasteiger partial charge in [0.15, 0.2) is 0 Å². The van der Waals surface area contributed by atoms with Gasteiger partial charge in [0.05, 0.1) is 15.6 Å². The summed E-state index contributed by atoms with van der Waals surface area (Å²) in [6.07, 6.45) is 1.69. The highest BCUT2D eigenvalue weighted by Crippen LogP contribution is 2.29. The van der Waals surface area contributed by atoms with Crippen molar-refractivity contribution < 1.29 is 14.6 Å². The molecule has 1 fully saturated rings. The van der Waals surface area contributed by atoms with Gasteiger partial charge in [0, 0.05) is 13.1 Å². The van der Waals surface area contributed by atoms with Crippen LogP contribution in [0.3, 0.4) is 0 Å². The molecule has 0 bridgehead atoms. The first kappa shape index (κ1) is 20.0. The van der Waals surface area contributed by atoms with Gasteiger partial charge >= 0.3 is 0 Å². The molecule has 0 aliphatic carbocycles. The number of likely N-dealkylation sites (tertiary alicyclic amines) is 1. The van der Waals surface area contributed by atoms with E-state index in [1.807, 2.05) is 19.1 Å². The Bertz CT molecular complexity index is 827.